The number of carbonyl (C=O) groups is 1. The highest BCUT2D eigenvalue weighted by Crippen LogP contribution is 2.23. The van der Waals surface area contributed by atoms with Crippen molar-refractivity contribution in [3.05, 3.63) is 96.1 Å². The van der Waals surface area contributed by atoms with Crippen LogP contribution >= 0.6 is 0 Å². The van der Waals surface area contributed by atoms with E-state index < -0.39 is 5.92 Å². The van der Waals surface area contributed by atoms with E-state index in [4.69, 9.17) is 0 Å². The third-order valence-electron chi connectivity index (χ3n) is 3.77. The molecule has 1 N–H and O–H groups in total. The van der Waals surface area contributed by atoms with Gasteiger partial charge in [-0.05, 0) is 42.0 Å². The summed E-state index contributed by atoms with van der Waals surface area (Å²) in [7, 11) is 0. The van der Waals surface area contributed by atoms with Crippen molar-refractivity contribution < 1.29 is 9.18 Å². The number of pyridine rings is 1. The fourth-order valence-corrected chi connectivity index (χ4v) is 2.54. The van der Waals surface area contributed by atoms with Gasteiger partial charge in [0.1, 0.15) is 5.82 Å². The summed E-state index contributed by atoms with van der Waals surface area (Å²) in [5.74, 6) is -0.905. The second-order valence-electron chi connectivity index (χ2n) is 5.48. The molecule has 1 amide bonds. The third-order valence-corrected chi connectivity index (χ3v) is 3.77. The van der Waals surface area contributed by atoms with E-state index in [9.17, 15) is 9.18 Å². The van der Waals surface area contributed by atoms with Crippen LogP contribution in [0, 0.1) is 5.82 Å². The van der Waals surface area contributed by atoms with Gasteiger partial charge >= 0.3 is 0 Å². The zero-order valence-electron chi connectivity index (χ0n) is 13.0. The van der Waals surface area contributed by atoms with Crippen LogP contribution in [0.2, 0.25) is 0 Å². The molecule has 0 saturated heterocycles. The summed E-state index contributed by atoms with van der Waals surface area (Å²) in [6.45, 7) is 0. The number of hydrogen-bond donors (Lipinski definition) is 1. The first-order valence-corrected chi connectivity index (χ1v) is 7.73. The average Bonchev–Trinajstić information content (AvgIpc) is 2.62. The minimum atomic E-state index is -0.444. The van der Waals surface area contributed by atoms with E-state index in [1.807, 2.05) is 48.5 Å². The number of amides is 1. The molecule has 4 heteroatoms. The first-order chi connectivity index (χ1) is 11.7. The van der Waals surface area contributed by atoms with E-state index in [2.05, 4.69) is 10.3 Å². The molecule has 1 heterocycles. The molecule has 1 unspecified atom stereocenters. The summed E-state index contributed by atoms with van der Waals surface area (Å²) in [4.78, 5) is 17.1. The predicted octanol–water partition coefficient (Wildman–Crippen LogP) is 4.19. The second-order valence-corrected chi connectivity index (χ2v) is 5.48. The van der Waals surface area contributed by atoms with Gasteiger partial charge in [-0.3, -0.25) is 9.78 Å². The summed E-state index contributed by atoms with van der Waals surface area (Å²) >= 11 is 0. The number of anilines is 1. The fourth-order valence-electron chi connectivity index (χ4n) is 2.54. The molecule has 0 saturated carbocycles. The van der Waals surface area contributed by atoms with Crippen molar-refractivity contribution in [2.24, 2.45) is 0 Å². The minimum Gasteiger partial charge on any atom is -0.326 e. The molecule has 3 rings (SSSR count). The normalized spacial score (nSPS) is 11.7. The molecule has 120 valence electrons. The number of aromatic nitrogens is 1. The van der Waals surface area contributed by atoms with Crippen LogP contribution in [0.1, 0.15) is 17.2 Å². The number of para-hydroxylation sites is 1. The second kappa shape index (κ2) is 7.51. The fraction of sp³-hybridized carbons (Fsp3) is 0.100. The first kappa shape index (κ1) is 15.9. The largest absolute Gasteiger partial charge is 0.326 e. The number of rotatable bonds is 5. The van der Waals surface area contributed by atoms with Crippen molar-refractivity contribution in [3.8, 4) is 0 Å². The molecule has 1 atom stereocenters. The van der Waals surface area contributed by atoms with E-state index in [1.54, 1.807) is 18.3 Å². The minimum absolute atomic E-state index is 0.140. The maximum absolute atomic E-state index is 13.2. The van der Waals surface area contributed by atoms with Crippen LogP contribution in [-0.2, 0) is 11.2 Å². The number of carbonyl (C=O) groups excluding carboxylic acids is 1. The van der Waals surface area contributed by atoms with Gasteiger partial charge in [-0.2, -0.15) is 0 Å². The van der Waals surface area contributed by atoms with Crippen molar-refractivity contribution in [2.45, 2.75) is 12.3 Å². The number of hydrogen-bond acceptors (Lipinski definition) is 2. The molecule has 24 heavy (non-hydrogen) atoms. The Labute approximate surface area is 140 Å². The van der Waals surface area contributed by atoms with Gasteiger partial charge in [0.2, 0.25) is 5.91 Å². The Morgan fingerprint density at radius 2 is 1.67 bits per heavy atom. The molecular formula is C20H17FN2O. The van der Waals surface area contributed by atoms with Crippen LogP contribution < -0.4 is 5.32 Å². The molecule has 2 aromatic carbocycles. The standard InChI is InChI=1S/C20H17FN2O/c21-16-11-9-15(10-12-16)19(14-18-8-4-5-13-22-18)20(24)23-17-6-2-1-3-7-17/h1-13,19H,14H2,(H,23,24). The Hall–Kier alpha value is -3.01. The summed E-state index contributed by atoms with van der Waals surface area (Å²) in [5.41, 5.74) is 2.31. The average molecular weight is 320 g/mol. The monoisotopic (exact) mass is 320 g/mol. The number of nitrogens with one attached hydrogen (secondary N) is 1. The zero-order chi connectivity index (χ0) is 16.8. The molecule has 0 aliphatic carbocycles. The van der Waals surface area contributed by atoms with E-state index in [-0.39, 0.29) is 11.7 Å². The van der Waals surface area contributed by atoms with Gasteiger partial charge in [0.25, 0.3) is 0 Å². The highest BCUT2D eigenvalue weighted by Gasteiger charge is 2.22. The van der Waals surface area contributed by atoms with Crippen molar-refractivity contribution in [2.75, 3.05) is 5.32 Å². The van der Waals surface area contributed by atoms with Crippen LogP contribution in [0.25, 0.3) is 0 Å². The Kier molecular flexibility index (Phi) is 4.96. The molecule has 0 bridgehead atoms. The van der Waals surface area contributed by atoms with Crippen LogP contribution in [0.4, 0.5) is 10.1 Å². The molecule has 3 aromatic rings. The summed E-state index contributed by atoms with van der Waals surface area (Å²) < 4.78 is 13.2. The van der Waals surface area contributed by atoms with Crippen LogP contribution in [0.15, 0.2) is 79.0 Å². The predicted molar refractivity (Wildman–Crippen MR) is 92.2 cm³/mol. The topological polar surface area (TPSA) is 42.0 Å². The van der Waals surface area contributed by atoms with E-state index >= 15 is 0 Å². The van der Waals surface area contributed by atoms with Gasteiger partial charge < -0.3 is 5.32 Å². The molecule has 0 aliphatic heterocycles. The van der Waals surface area contributed by atoms with Crippen molar-refractivity contribution in [3.63, 3.8) is 0 Å². The van der Waals surface area contributed by atoms with Crippen LogP contribution in [0.5, 0.6) is 0 Å². The van der Waals surface area contributed by atoms with Gasteiger partial charge in [0.15, 0.2) is 0 Å². The van der Waals surface area contributed by atoms with Crippen molar-refractivity contribution in [1.29, 1.82) is 0 Å². The van der Waals surface area contributed by atoms with Crippen molar-refractivity contribution in [1.82, 2.24) is 4.98 Å². The van der Waals surface area contributed by atoms with E-state index in [0.29, 0.717) is 6.42 Å². The van der Waals surface area contributed by atoms with Gasteiger partial charge in [-0.25, -0.2) is 4.39 Å². The molecule has 0 fully saturated rings. The van der Waals surface area contributed by atoms with Gasteiger partial charge in [0, 0.05) is 24.0 Å². The maximum atomic E-state index is 13.2. The molecule has 3 nitrogen and oxygen atoms in total. The Morgan fingerprint density at radius 3 is 2.33 bits per heavy atom. The number of benzene rings is 2. The smallest absolute Gasteiger partial charge is 0.232 e. The van der Waals surface area contributed by atoms with Gasteiger partial charge in [0.05, 0.1) is 5.92 Å². The Bertz CT molecular complexity index is 789. The SMILES string of the molecule is O=C(Nc1ccccc1)C(Cc1ccccn1)c1ccc(F)cc1. The Morgan fingerprint density at radius 1 is 0.958 bits per heavy atom. The van der Waals surface area contributed by atoms with Crippen molar-refractivity contribution >= 4 is 11.6 Å². The first-order valence-electron chi connectivity index (χ1n) is 7.73. The highest BCUT2D eigenvalue weighted by molar-refractivity contribution is 5.96. The lowest BCUT2D eigenvalue weighted by Gasteiger charge is -2.17. The number of halogens is 1. The van der Waals surface area contributed by atoms with E-state index in [0.717, 1.165) is 16.9 Å². The quantitative estimate of drug-likeness (QED) is 0.766. The summed E-state index contributed by atoms with van der Waals surface area (Å²) in [6.07, 6.45) is 2.15. The van der Waals surface area contributed by atoms with E-state index in [1.165, 1.54) is 12.1 Å². The highest BCUT2D eigenvalue weighted by atomic mass is 19.1. The lowest BCUT2D eigenvalue weighted by atomic mass is 9.93. The molecular weight excluding hydrogens is 303 g/mol. The summed E-state index contributed by atoms with van der Waals surface area (Å²) in [5, 5.41) is 2.91. The molecule has 0 spiro atoms. The maximum Gasteiger partial charge on any atom is 0.232 e. The lowest BCUT2D eigenvalue weighted by Crippen LogP contribution is -2.23. The Balaban J connectivity index is 1.86. The molecule has 0 aliphatic rings. The van der Waals surface area contributed by atoms with Crippen LogP contribution in [-0.4, -0.2) is 10.9 Å². The van der Waals surface area contributed by atoms with Crippen LogP contribution in [0.3, 0.4) is 0 Å². The number of nitrogens with zero attached hydrogens (tertiary/aromatic N) is 1. The third kappa shape index (κ3) is 4.04. The zero-order valence-corrected chi connectivity index (χ0v) is 13.0. The van der Waals surface area contributed by atoms with Gasteiger partial charge in [-0.1, -0.05) is 36.4 Å². The lowest BCUT2D eigenvalue weighted by molar-refractivity contribution is -0.117. The molecule has 0 radical (unpaired) electrons. The van der Waals surface area contributed by atoms with Gasteiger partial charge in [-0.15, -0.1) is 0 Å². The molecule has 1 aromatic heterocycles. The summed E-state index contributed by atoms with van der Waals surface area (Å²) in [6, 6.07) is 20.9.